The third-order valence-electron chi connectivity index (χ3n) is 3.79. The molecule has 0 aliphatic carbocycles. The smallest absolute Gasteiger partial charge is 0.206 e. The van der Waals surface area contributed by atoms with E-state index in [4.69, 9.17) is 4.74 Å². The van der Waals surface area contributed by atoms with Gasteiger partial charge in [0.15, 0.2) is 0 Å². The van der Waals surface area contributed by atoms with E-state index in [-0.39, 0.29) is 5.75 Å². The Balaban J connectivity index is 2.06. The van der Waals surface area contributed by atoms with Gasteiger partial charge in [0.05, 0.1) is 34.5 Å². The van der Waals surface area contributed by atoms with Gasteiger partial charge >= 0.3 is 0 Å². The van der Waals surface area contributed by atoms with E-state index in [1.807, 2.05) is 29.6 Å². The van der Waals surface area contributed by atoms with E-state index >= 15 is 0 Å². The molecule has 1 N–H and O–H groups in total. The zero-order chi connectivity index (χ0) is 20.1. The van der Waals surface area contributed by atoms with Crippen molar-refractivity contribution in [1.29, 1.82) is 0 Å². The highest BCUT2D eigenvalue weighted by Gasteiger charge is 2.09. The van der Waals surface area contributed by atoms with Crippen molar-refractivity contribution >= 4 is 49.4 Å². The molecular weight excluding hydrogens is 506 g/mol. The maximum atomic E-state index is 9.88. The second kappa shape index (κ2) is 9.36. The Bertz CT molecular complexity index is 1060. The summed E-state index contributed by atoms with van der Waals surface area (Å²) in [5.74, 6) is 0.949. The molecule has 0 unspecified atom stereocenters. The molecule has 3 aromatic rings. The normalized spacial score (nSPS) is 11.9. The maximum Gasteiger partial charge on any atom is 0.206 e. The number of halogens is 2. The molecule has 1 heterocycles. The standard InChI is InChI=1S/C20H17Br2N3O2S/c1-3-8-23-20-25(24-11-13-9-16(21)19(26)17(22)10-13)18(12-28-20)14-4-6-15(27-2)7-5-14/h3-7,9-12,26H,1,8H2,2H3/b23-20?,24-11+. The van der Waals surface area contributed by atoms with Crippen molar-refractivity contribution in [2.24, 2.45) is 10.1 Å². The first-order valence-corrected chi connectivity index (χ1v) is 10.7. The van der Waals surface area contributed by atoms with Gasteiger partial charge in [0, 0.05) is 10.9 Å². The van der Waals surface area contributed by atoms with Gasteiger partial charge in [0.2, 0.25) is 4.80 Å². The van der Waals surface area contributed by atoms with E-state index in [9.17, 15) is 5.11 Å². The molecule has 0 spiro atoms. The van der Waals surface area contributed by atoms with Crippen LogP contribution in [0.4, 0.5) is 0 Å². The van der Waals surface area contributed by atoms with E-state index < -0.39 is 0 Å². The first-order chi connectivity index (χ1) is 13.5. The average Bonchev–Trinajstić information content (AvgIpc) is 3.11. The van der Waals surface area contributed by atoms with Crippen molar-refractivity contribution in [2.45, 2.75) is 0 Å². The third-order valence-corrected chi connectivity index (χ3v) is 5.85. The molecule has 0 bridgehead atoms. The minimum atomic E-state index is 0.154. The monoisotopic (exact) mass is 521 g/mol. The predicted molar refractivity (Wildman–Crippen MR) is 121 cm³/mol. The van der Waals surface area contributed by atoms with E-state index in [1.165, 1.54) is 11.3 Å². The number of thiazole rings is 1. The number of methoxy groups -OCH3 is 1. The van der Waals surface area contributed by atoms with Gasteiger partial charge < -0.3 is 9.84 Å². The quantitative estimate of drug-likeness (QED) is 0.347. The topological polar surface area (TPSA) is 59.1 Å². The number of ether oxygens (including phenoxy) is 1. The van der Waals surface area contributed by atoms with Gasteiger partial charge in [-0.2, -0.15) is 5.10 Å². The number of aromatic hydroxyl groups is 1. The van der Waals surface area contributed by atoms with Crippen LogP contribution >= 0.6 is 43.2 Å². The van der Waals surface area contributed by atoms with Gasteiger partial charge in [-0.15, -0.1) is 17.9 Å². The summed E-state index contributed by atoms with van der Waals surface area (Å²) in [6.07, 6.45) is 3.47. The first-order valence-electron chi connectivity index (χ1n) is 8.22. The van der Waals surface area contributed by atoms with E-state index in [0.29, 0.717) is 15.5 Å². The number of benzene rings is 2. The highest BCUT2D eigenvalue weighted by atomic mass is 79.9. The second-order valence-corrected chi connectivity index (χ2v) is 8.20. The van der Waals surface area contributed by atoms with Crippen LogP contribution in [0.2, 0.25) is 0 Å². The molecule has 0 saturated carbocycles. The summed E-state index contributed by atoms with van der Waals surface area (Å²) in [7, 11) is 1.64. The maximum absolute atomic E-state index is 9.88. The van der Waals surface area contributed by atoms with Crippen LogP contribution in [0.25, 0.3) is 11.3 Å². The molecule has 3 rings (SSSR count). The summed E-state index contributed by atoms with van der Waals surface area (Å²) < 4.78 is 8.21. The molecule has 0 atom stereocenters. The lowest BCUT2D eigenvalue weighted by Crippen LogP contribution is -2.12. The molecular formula is C20H17Br2N3O2S. The van der Waals surface area contributed by atoms with Crippen molar-refractivity contribution in [1.82, 2.24) is 4.68 Å². The Kier molecular flexibility index (Phi) is 6.88. The Morgan fingerprint density at radius 3 is 2.50 bits per heavy atom. The fourth-order valence-electron chi connectivity index (χ4n) is 2.41. The Morgan fingerprint density at radius 2 is 1.89 bits per heavy atom. The zero-order valence-electron chi connectivity index (χ0n) is 15.0. The van der Waals surface area contributed by atoms with Crippen LogP contribution in [-0.4, -0.2) is 29.7 Å². The number of aromatic nitrogens is 1. The lowest BCUT2D eigenvalue weighted by atomic mass is 10.2. The van der Waals surface area contributed by atoms with Crippen LogP contribution in [-0.2, 0) is 0 Å². The summed E-state index contributed by atoms with van der Waals surface area (Å²) in [5, 5.41) is 16.5. The third kappa shape index (κ3) is 4.63. The van der Waals surface area contributed by atoms with Crippen molar-refractivity contribution in [2.75, 3.05) is 13.7 Å². The summed E-state index contributed by atoms with van der Waals surface area (Å²) in [6, 6.07) is 11.4. The molecule has 5 nitrogen and oxygen atoms in total. The molecule has 0 fully saturated rings. The van der Waals surface area contributed by atoms with Crippen LogP contribution in [0.15, 0.2) is 73.5 Å². The number of rotatable bonds is 6. The summed E-state index contributed by atoms with van der Waals surface area (Å²) in [6.45, 7) is 4.23. The molecule has 0 amide bonds. The number of hydrogen-bond donors (Lipinski definition) is 1. The summed E-state index contributed by atoms with van der Waals surface area (Å²) in [5.41, 5.74) is 2.75. The Labute approximate surface area is 183 Å². The molecule has 2 aromatic carbocycles. The fraction of sp³-hybridized carbons (Fsp3) is 0.100. The average molecular weight is 523 g/mol. The number of nitrogens with zero attached hydrogens (tertiary/aromatic N) is 3. The molecule has 1 aromatic heterocycles. The van der Waals surface area contributed by atoms with Gasteiger partial charge in [0.1, 0.15) is 11.5 Å². The van der Waals surface area contributed by atoms with E-state index in [0.717, 1.165) is 27.4 Å². The Morgan fingerprint density at radius 1 is 1.21 bits per heavy atom. The molecule has 144 valence electrons. The van der Waals surface area contributed by atoms with Gasteiger partial charge in [-0.1, -0.05) is 6.08 Å². The van der Waals surface area contributed by atoms with E-state index in [2.05, 4.69) is 48.5 Å². The van der Waals surface area contributed by atoms with Crippen LogP contribution in [0.3, 0.4) is 0 Å². The second-order valence-electron chi connectivity index (χ2n) is 5.65. The van der Waals surface area contributed by atoms with Gasteiger partial charge in [-0.05, 0) is 73.8 Å². The molecule has 8 heteroatoms. The lowest BCUT2D eigenvalue weighted by Gasteiger charge is -2.06. The molecule has 0 radical (unpaired) electrons. The fourth-order valence-corrected chi connectivity index (χ4v) is 4.48. The van der Waals surface area contributed by atoms with Crippen LogP contribution in [0.1, 0.15) is 5.56 Å². The van der Waals surface area contributed by atoms with Crippen molar-refractivity contribution in [3.63, 3.8) is 0 Å². The van der Waals surface area contributed by atoms with E-state index in [1.54, 1.807) is 36.2 Å². The van der Waals surface area contributed by atoms with Crippen LogP contribution in [0, 0.1) is 0 Å². The van der Waals surface area contributed by atoms with Gasteiger partial charge in [-0.3, -0.25) is 4.99 Å². The first kappa shape index (κ1) is 20.6. The van der Waals surface area contributed by atoms with Crippen LogP contribution < -0.4 is 9.54 Å². The van der Waals surface area contributed by atoms with Crippen molar-refractivity contribution in [3.05, 3.63) is 73.7 Å². The number of hydrogen-bond acceptors (Lipinski definition) is 5. The minimum Gasteiger partial charge on any atom is -0.506 e. The van der Waals surface area contributed by atoms with Crippen molar-refractivity contribution < 1.29 is 9.84 Å². The number of phenolic OH excluding ortho intramolecular Hbond substituents is 1. The largest absolute Gasteiger partial charge is 0.506 e. The molecule has 0 aliphatic rings. The zero-order valence-corrected chi connectivity index (χ0v) is 19.0. The molecule has 0 aliphatic heterocycles. The van der Waals surface area contributed by atoms with Gasteiger partial charge in [0.25, 0.3) is 0 Å². The van der Waals surface area contributed by atoms with Gasteiger partial charge in [-0.25, -0.2) is 4.68 Å². The van der Waals surface area contributed by atoms with Crippen molar-refractivity contribution in [3.8, 4) is 22.8 Å². The highest BCUT2D eigenvalue weighted by Crippen LogP contribution is 2.33. The number of phenols is 1. The Hall–Kier alpha value is -2.16. The summed E-state index contributed by atoms with van der Waals surface area (Å²) >= 11 is 8.19. The highest BCUT2D eigenvalue weighted by molar-refractivity contribution is 9.11. The SMILES string of the molecule is C=CCN=c1scc(-c2ccc(OC)cc2)n1/N=C/c1cc(Br)c(O)c(Br)c1. The summed E-state index contributed by atoms with van der Waals surface area (Å²) in [4.78, 5) is 5.30. The minimum absolute atomic E-state index is 0.154. The van der Waals surface area contributed by atoms with Crippen LogP contribution in [0.5, 0.6) is 11.5 Å². The molecule has 28 heavy (non-hydrogen) atoms. The molecule has 0 saturated heterocycles. The predicted octanol–water partition coefficient (Wildman–Crippen LogP) is 5.42. The lowest BCUT2D eigenvalue weighted by molar-refractivity contribution is 0.415.